The Balaban J connectivity index is 0.000000156. The van der Waals surface area contributed by atoms with Crippen LogP contribution in [0.4, 0.5) is 0 Å². The third kappa shape index (κ3) is 2.18. The Morgan fingerprint density at radius 2 is 1.30 bits per heavy atom. The summed E-state index contributed by atoms with van der Waals surface area (Å²) in [6.45, 7) is 7.88. The lowest BCUT2D eigenvalue weighted by Crippen LogP contribution is -2.44. The van der Waals surface area contributed by atoms with E-state index in [9.17, 15) is 24.3 Å². The van der Waals surface area contributed by atoms with Gasteiger partial charge in [-0.15, -0.1) is 0 Å². The molecule has 0 heterocycles. The molecule has 6 heteroatoms. The summed E-state index contributed by atoms with van der Waals surface area (Å²) < 4.78 is 4.80. The van der Waals surface area contributed by atoms with Gasteiger partial charge >= 0.3 is 11.9 Å². The van der Waals surface area contributed by atoms with Gasteiger partial charge in [-0.3, -0.25) is 19.2 Å². The van der Waals surface area contributed by atoms with Crippen LogP contribution in [-0.4, -0.2) is 35.7 Å². The Hall–Kier alpha value is -1.72. The van der Waals surface area contributed by atoms with Crippen LogP contribution in [0.5, 0.6) is 0 Å². The molecule has 4 rings (SSSR count). The van der Waals surface area contributed by atoms with Crippen molar-refractivity contribution in [2.24, 2.45) is 33.5 Å². The summed E-state index contributed by atoms with van der Waals surface area (Å²) in [6, 6.07) is 0. The first-order valence-electron chi connectivity index (χ1n) is 9.78. The molecule has 0 aliphatic heterocycles. The van der Waals surface area contributed by atoms with Crippen molar-refractivity contribution in [3.63, 3.8) is 0 Å². The number of carboxylic acid groups (broad SMARTS) is 1. The molecular formula is C21H30O6. The van der Waals surface area contributed by atoms with Gasteiger partial charge in [0.05, 0.1) is 7.11 Å². The lowest BCUT2D eigenvalue weighted by Gasteiger charge is -2.33. The number of carbonyl (C=O) groups excluding carboxylic acids is 3. The van der Waals surface area contributed by atoms with Crippen LogP contribution in [0.25, 0.3) is 0 Å². The van der Waals surface area contributed by atoms with E-state index in [1.165, 1.54) is 7.11 Å². The van der Waals surface area contributed by atoms with E-state index in [2.05, 4.69) is 0 Å². The number of esters is 1. The number of Topliss-reactive ketones (excluding diaryl/α,β-unsaturated/α-hetero) is 2. The van der Waals surface area contributed by atoms with E-state index in [0.717, 1.165) is 12.8 Å². The summed E-state index contributed by atoms with van der Waals surface area (Å²) in [5.74, 6) is -0.549. The summed E-state index contributed by atoms with van der Waals surface area (Å²) in [7, 11) is 1.37. The van der Waals surface area contributed by atoms with Gasteiger partial charge in [0.15, 0.2) is 11.6 Å². The lowest BCUT2D eigenvalue weighted by atomic mass is 9.69. The second kappa shape index (κ2) is 5.89. The van der Waals surface area contributed by atoms with E-state index in [4.69, 9.17) is 4.74 Å². The van der Waals surface area contributed by atoms with Crippen molar-refractivity contribution in [1.29, 1.82) is 0 Å². The van der Waals surface area contributed by atoms with Crippen molar-refractivity contribution >= 4 is 23.5 Å². The number of methoxy groups -OCH3 is 1. The second-order valence-corrected chi connectivity index (χ2v) is 9.78. The molecule has 4 atom stereocenters. The van der Waals surface area contributed by atoms with Crippen molar-refractivity contribution in [3.8, 4) is 0 Å². The summed E-state index contributed by atoms with van der Waals surface area (Å²) in [4.78, 5) is 46.5. The van der Waals surface area contributed by atoms with Crippen LogP contribution in [0.3, 0.4) is 0 Å². The summed E-state index contributed by atoms with van der Waals surface area (Å²) >= 11 is 0. The molecule has 4 aliphatic carbocycles. The molecule has 4 fully saturated rings. The number of carbonyl (C=O) groups is 4. The maximum atomic E-state index is 11.9. The average Bonchev–Trinajstić information content (AvgIpc) is 3.14. The molecule has 0 spiro atoms. The first-order chi connectivity index (χ1) is 12.4. The highest BCUT2D eigenvalue weighted by atomic mass is 16.5. The molecule has 4 saturated carbocycles. The van der Waals surface area contributed by atoms with Crippen LogP contribution in [0.1, 0.15) is 66.2 Å². The minimum atomic E-state index is -1.06. The molecule has 150 valence electrons. The van der Waals surface area contributed by atoms with E-state index in [0.29, 0.717) is 31.6 Å². The van der Waals surface area contributed by atoms with Crippen molar-refractivity contribution in [2.45, 2.75) is 66.2 Å². The number of fused-ring (bicyclic) bond motifs is 4. The molecular weight excluding hydrogens is 348 g/mol. The Morgan fingerprint density at radius 3 is 1.52 bits per heavy atom. The SMILES string of the molecule is CC1(C)[C@@H]2CC[C@@]1(C(=O)O)C(=O)C2.COC(=O)[C@]12CC[C@H](CC1=O)C2(C)C. The lowest BCUT2D eigenvalue weighted by molar-refractivity contribution is -0.162. The Kier molecular flexibility index (Phi) is 4.37. The third-order valence-corrected chi connectivity index (χ3v) is 8.69. The van der Waals surface area contributed by atoms with Crippen LogP contribution < -0.4 is 0 Å². The van der Waals surface area contributed by atoms with E-state index in [1.807, 2.05) is 27.7 Å². The van der Waals surface area contributed by atoms with Gasteiger partial charge in [-0.1, -0.05) is 27.7 Å². The Labute approximate surface area is 160 Å². The fourth-order valence-corrected chi connectivity index (χ4v) is 6.51. The zero-order valence-corrected chi connectivity index (χ0v) is 16.9. The minimum absolute atomic E-state index is 0.0544. The predicted molar refractivity (Wildman–Crippen MR) is 96.8 cm³/mol. The normalized spacial score (nSPS) is 39.9. The summed E-state index contributed by atoms with van der Waals surface area (Å²) in [5, 5.41) is 9.18. The van der Waals surface area contributed by atoms with Gasteiger partial charge in [0.1, 0.15) is 10.8 Å². The van der Waals surface area contributed by atoms with Crippen molar-refractivity contribution < 1.29 is 29.0 Å². The summed E-state index contributed by atoms with van der Waals surface area (Å²) in [6.07, 6.45) is 4.12. The van der Waals surface area contributed by atoms with Crippen LogP contribution in [0.2, 0.25) is 0 Å². The molecule has 0 radical (unpaired) electrons. The Morgan fingerprint density at radius 1 is 0.889 bits per heavy atom. The molecule has 0 unspecified atom stereocenters. The molecule has 0 aromatic carbocycles. The number of rotatable bonds is 2. The van der Waals surface area contributed by atoms with E-state index >= 15 is 0 Å². The maximum absolute atomic E-state index is 11.9. The smallest absolute Gasteiger partial charge is 0.319 e. The maximum Gasteiger partial charge on any atom is 0.319 e. The predicted octanol–water partition coefficient (Wildman–Crippen LogP) is 3.02. The second-order valence-electron chi connectivity index (χ2n) is 9.78. The zero-order chi connectivity index (χ0) is 20.4. The molecule has 0 aromatic rings. The minimum Gasteiger partial charge on any atom is -0.480 e. The van der Waals surface area contributed by atoms with Gasteiger partial charge < -0.3 is 9.84 Å². The molecule has 1 N–H and O–H groups in total. The fourth-order valence-electron chi connectivity index (χ4n) is 6.51. The van der Waals surface area contributed by atoms with Crippen LogP contribution in [-0.2, 0) is 23.9 Å². The Bertz CT molecular complexity index is 720. The first-order valence-corrected chi connectivity index (χ1v) is 9.78. The highest BCUT2D eigenvalue weighted by Crippen LogP contribution is 2.65. The van der Waals surface area contributed by atoms with Gasteiger partial charge in [-0.05, 0) is 48.3 Å². The average molecular weight is 378 g/mol. The largest absolute Gasteiger partial charge is 0.480 e. The zero-order valence-electron chi connectivity index (χ0n) is 16.9. The molecule has 27 heavy (non-hydrogen) atoms. The van der Waals surface area contributed by atoms with Crippen LogP contribution in [0, 0.1) is 33.5 Å². The van der Waals surface area contributed by atoms with Crippen molar-refractivity contribution in [3.05, 3.63) is 0 Å². The molecule has 4 aliphatic rings. The number of ether oxygens (including phenoxy) is 1. The molecule has 4 bridgehead atoms. The van der Waals surface area contributed by atoms with Crippen molar-refractivity contribution in [2.75, 3.05) is 7.11 Å². The standard InChI is InChI=1S/C11H16O3.C10H14O3/c1-10(2)7-4-5-11(10,8(12)6-7)9(13)14-3;1-9(2)6-3-4-10(9,8(12)13)7(11)5-6/h7H,4-6H2,1-3H3;6H,3-5H2,1-2H3,(H,12,13)/t7-,11+;6-,10+/m11/s1. The third-order valence-electron chi connectivity index (χ3n) is 8.69. The number of hydrogen-bond donors (Lipinski definition) is 1. The van der Waals surface area contributed by atoms with Crippen LogP contribution >= 0.6 is 0 Å². The van der Waals surface area contributed by atoms with Gasteiger partial charge in [0.2, 0.25) is 0 Å². The topological polar surface area (TPSA) is 97.7 Å². The number of carboxylic acids is 1. The van der Waals surface area contributed by atoms with Gasteiger partial charge in [-0.2, -0.15) is 0 Å². The monoisotopic (exact) mass is 378 g/mol. The number of aliphatic carboxylic acids is 1. The van der Waals surface area contributed by atoms with E-state index in [-0.39, 0.29) is 34.3 Å². The quantitative estimate of drug-likeness (QED) is 0.586. The molecule has 0 amide bonds. The highest BCUT2D eigenvalue weighted by molar-refractivity contribution is 6.07. The van der Waals surface area contributed by atoms with Crippen molar-refractivity contribution in [1.82, 2.24) is 0 Å². The molecule has 0 aromatic heterocycles. The molecule has 0 saturated heterocycles. The molecule has 6 nitrogen and oxygen atoms in total. The van der Waals surface area contributed by atoms with Crippen LogP contribution in [0.15, 0.2) is 0 Å². The van der Waals surface area contributed by atoms with Gasteiger partial charge in [0.25, 0.3) is 0 Å². The number of ketones is 2. The summed E-state index contributed by atoms with van der Waals surface area (Å²) in [5.41, 5.74) is -2.43. The van der Waals surface area contributed by atoms with E-state index in [1.54, 1.807) is 0 Å². The fraction of sp³-hybridized carbons (Fsp3) is 0.810. The highest BCUT2D eigenvalue weighted by Gasteiger charge is 2.69. The van der Waals surface area contributed by atoms with E-state index < -0.39 is 16.8 Å². The van der Waals surface area contributed by atoms with Gasteiger partial charge in [-0.25, -0.2) is 0 Å². The number of hydrogen-bond acceptors (Lipinski definition) is 5. The van der Waals surface area contributed by atoms with Gasteiger partial charge in [0, 0.05) is 12.8 Å². The first kappa shape index (κ1) is 20.0.